The monoisotopic (exact) mass is 178 g/mol. The number of aliphatic hydroxyl groups excluding tert-OH is 1. The number of aliphatic hydroxyl groups is 1. The minimum absolute atomic E-state index is 0.609. The van der Waals surface area contributed by atoms with Crippen LogP contribution in [0.15, 0.2) is 0 Å². The van der Waals surface area contributed by atoms with E-state index in [-0.39, 0.29) is 0 Å². The van der Waals surface area contributed by atoms with E-state index in [0.29, 0.717) is 6.61 Å². The Kier molecular flexibility index (Phi) is 8.57. The molecule has 0 radical (unpaired) electrons. The van der Waals surface area contributed by atoms with Gasteiger partial charge in [-0.3, -0.25) is 0 Å². The van der Waals surface area contributed by atoms with Crippen molar-refractivity contribution in [2.24, 2.45) is 0 Å². The molecule has 0 heterocycles. The van der Waals surface area contributed by atoms with E-state index in [9.17, 15) is 0 Å². The van der Waals surface area contributed by atoms with Crippen LogP contribution >= 0.6 is 11.8 Å². The Morgan fingerprint density at radius 2 is 2.18 bits per heavy atom. The number of thioether (sulfide) groups is 1. The molecular weight excluding hydrogens is 160 g/mol. The molecule has 0 aliphatic carbocycles. The highest BCUT2D eigenvalue weighted by atomic mass is 32.2. The summed E-state index contributed by atoms with van der Waals surface area (Å²) in [5.41, 5.74) is 0. The van der Waals surface area contributed by atoms with Crippen LogP contribution in [0, 0.1) is 0 Å². The van der Waals surface area contributed by atoms with Crippen molar-refractivity contribution in [1.29, 1.82) is 0 Å². The molecule has 0 bridgehead atoms. The third kappa shape index (κ3) is 10.3. The van der Waals surface area contributed by atoms with Crippen LogP contribution in [0.2, 0.25) is 0 Å². The average molecular weight is 178 g/mol. The van der Waals surface area contributed by atoms with Gasteiger partial charge in [-0.25, -0.2) is 0 Å². The molecule has 0 spiro atoms. The van der Waals surface area contributed by atoms with Crippen molar-refractivity contribution in [3.8, 4) is 0 Å². The van der Waals surface area contributed by atoms with E-state index >= 15 is 0 Å². The second-order valence-corrected chi connectivity index (χ2v) is 3.66. The first-order valence-electron chi connectivity index (χ1n) is 4.14. The predicted molar refractivity (Wildman–Crippen MR) is 49.9 cm³/mol. The molecular formula is C8H18O2S. The smallest absolute Gasteiger partial charge is 0.151 e. The van der Waals surface area contributed by atoms with Crippen molar-refractivity contribution < 1.29 is 9.84 Å². The molecule has 0 saturated heterocycles. The topological polar surface area (TPSA) is 29.5 Å². The molecule has 0 aromatic rings. The van der Waals surface area contributed by atoms with Crippen LogP contribution in [0.25, 0.3) is 0 Å². The normalized spacial score (nSPS) is 13.4. The molecule has 0 aromatic heterocycles. The number of hydrogen-bond donors (Lipinski definition) is 1. The van der Waals surface area contributed by atoms with Crippen LogP contribution in [0.1, 0.15) is 26.7 Å². The zero-order valence-corrected chi connectivity index (χ0v) is 8.19. The Labute approximate surface area is 73.3 Å². The number of unbranched alkanes of at least 4 members (excludes halogenated alkanes) is 1. The lowest BCUT2D eigenvalue weighted by Gasteiger charge is -2.05. The van der Waals surface area contributed by atoms with E-state index in [4.69, 9.17) is 9.84 Å². The molecule has 2 nitrogen and oxygen atoms in total. The van der Waals surface area contributed by atoms with Crippen molar-refractivity contribution in [3.05, 3.63) is 0 Å². The maximum absolute atomic E-state index is 8.72. The van der Waals surface area contributed by atoms with Gasteiger partial charge in [0.15, 0.2) is 6.29 Å². The molecule has 0 aromatic carbocycles. The van der Waals surface area contributed by atoms with Gasteiger partial charge in [0.2, 0.25) is 0 Å². The third-order valence-electron chi connectivity index (χ3n) is 1.23. The molecule has 1 N–H and O–H groups in total. The van der Waals surface area contributed by atoms with E-state index in [1.807, 2.05) is 11.8 Å². The first kappa shape index (κ1) is 11.3. The largest absolute Gasteiger partial charge is 0.368 e. The Hall–Kier alpha value is 0.270. The first-order chi connectivity index (χ1) is 5.27. The molecule has 3 heteroatoms. The lowest BCUT2D eigenvalue weighted by molar-refractivity contribution is -0.0790. The lowest BCUT2D eigenvalue weighted by Crippen LogP contribution is -2.08. The van der Waals surface area contributed by atoms with Crippen LogP contribution in [0.3, 0.4) is 0 Å². The van der Waals surface area contributed by atoms with Crippen LogP contribution in [0.5, 0.6) is 0 Å². The van der Waals surface area contributed by atoms with Gasteiger partial charge in [-0.05, 0) is 19.1 Å². The second kappa shape index (κ2) is 8.37. The summed E-state index contributed by atoms with van der Waals surface area (Å²) in [6.07, 6.45) is 1.92. The minimum Gasteiger partial charge on any atom is -0.368 e. The Balaban J connectivity index is 2.80. The van der Waals surface area contributed by atoms with Gasteiger partial charge < -0.3 is 9.84 Å². The average Bonchev–Trinajstić information content (AvgIpc) is 1.96. The van der Waals surface area contributed by atoms with Crippen LogP contribution < -0.4 is 0 Å². The first-order valence-corrected chi connectivity index (χ1v) is 5.30. The fourth-order valence-corrected chi connectivity index (χ4v) is 1.54. The highest BCUT2D eigenvalue weighted by Gasteiger charge is 1.93. The third-order valence-corrected chi connectivity index (χ3v) is 2.26. The minimum atomic E-state index is -0.609. The van der Waals surface area contributed by atoms with E-state index in [0.717, 1.165) is 5.75 Å². The summed E-state index contributed by atoms with van der Waals surface area (Å²) in [6, 6.07) is 0. The van der Waals surface area contributed by atoms with E-state index in [2.05, 4.69) is 6.92 Å². The molecule has 0 amide bonds. The van der Waals surface area contributed by atoms with Crippen LogP contribution in [-0.4, -0.2) is 29.5 Å². The number of rotatable bonds is 7. The number of hydrogen-bond acceptors (Lipinski definition) is 3. The number of ether oxygens (including phenoxy) is 1. The summed E-state index contributed by atoms with van der Waals surface area (Å²) in [4.78, 5) is 0. The Morgan fingerprint density at radius 1 is 1.45 bits per heavy atom. The van der Waals surface area contributed by atoms with Crippen LogP contribution in [-0.2, 0) is 4.74 Å². The molecule has 0 aliphatic rings. The SMILES string of the molecule is CCCCSCCOC(C)O. The van der Waals surface area contributed by atoms with E-state index < -0.39 is 6.29 Å². The summed E-state index contributed by atoms with van der Waals surface area (Å²) in [6.45, 7) is 4.48. The molecule has 0 fully saturated rings. The summed E-state index contributed by atoms with van der Waals surface area (Å²) < 4.78 is 4.96. The standard InChI is InChI=1S/C8H18O2S/c1-3-4-6-11-7-5-10-8(2)9/h8-9H,3-7H2,1-2H3. The second-order valence-electron chi connectivity index (χ2n) is 2.44. The predicted octanol–water partition coefficient (Wildman–Crippen LogP) is 1.87. The fourth-order valence-electron chi connectivity index (χ4n) is 0.626. The van der Waals surface area contributed by atoms with Crippen molar-refractivity contribution in [2.45, 2.75) is 33.0 Å². The quantitative estimate of drug-likeness (QED) is 0.477. The van der Waals surface area contributed by atoms with Crippen molar-refractivity contribution in [3.63, 3.8) is 0 Å². The van der Waals surface area contributed by atoms with Crippen LogP contribution in [0.4, 0.5) is 0 Å². The fraction of sp³-hybridized carbons (Fsp3) is 1.00. The van der Waals surface area contributed by atoms with Gasteiger partial charge in [0.25, 0.3) is 0 Å². The lowest BCUT2D eigenvalue weighted by atomic mass is 10.4. The molecule has 1 unspecified atom stereocenters. The van der Waals surface area contributed by atoms with E-state index in [1.54, 1.807) is 6.92 Å². The van der Waals surface area contributed by atoms with Gasteiger partial charge in [-0.1, -0.05) is 13.3 Å². The maximum Gasteiger partial charge on any atom is 0.151 e. The molecule has 68 valence electrons. The molecule has 0 saturated carbocycles. The zero-order chi connectivity index (χ0) is 8.53. The highest BCUT2D eigenvalue weighted by Crippen LogP contribution is 2.03. The molecule has 1 atom stereocenters. The van der Waals surface area contributed by atoms with Gasteiger partial charge in [-0.15, -0.1) is 0 Å². The zero-order valence-electron chi connectivity index (χ0n) is 7.38. The van der Waals surface area contributed by atoms with Gasteiger partial charge in [0.1, 0.15) is 0 Å². The molecule has 0 rings (SSSR count). The summed E-state index contributed by atoms with van der Waals surface area (Å²) in [5, 5.41) is 8.72. The van der Waals surface area contributed by atoms with Crippen molar-refractivity contribution in [1.82, 2.24) is 0 Å². The van der Waals surface area contributed by atoms with E-state index in [1.165, 1.54) is 18.6 Å². The summed E-state index contributed by atoms with van der Waals surface area (Å²) in [7, 11) is 0. The molecule has 0 aliphatic heterocycles. The summed E-state index contributed by atoms with van der Waals surface area (Å²) >= 11 is 1.88. The Morgan fingerprint density at radius 3 is 2.73 bits per heavy atom. The van der Waals surface area contributed by atoms with Gasteiger partial charge in [0.05, 0.1) is 6.61 Å². The van der Waals surface area contributed by atoms with Crippen molar-refractivity contribution >= 4 is 11.8 Å². The molecule has 11 heavy (non-hydrogen) atoms. The van der Waals surface area contributed by atoms with Gasteiger partial charge in [0, 0.05) is 5.75 Å². The van der Waals surface area contributed by atoms with Crippen molar-refractivity contribution in [2.75, 3.05) is 18.1 Å². The summed E-state index contributed by atoms with van der Waals surface area (Å²) in [5.74, 6) is 2.20. The maximum atomic E-state index is 8.72. The van der Waals surface area contributed by atoms with Gasteiger partial charge in [-0.2, -0.15) is 11.8 Å². The van der Waals surface area contributed by atoms with Gasteiger partial charge >= 0.3 is 0 Å². The Bertz CT molecular complexity index is 76.5. The highest BCUT2D eigenvalue weighted by molar-refractivity contribution is 7.99.